The number of piperidine rings is 1. The van der Waals surface area contributed by atoms with Crippen LogP contribution in [0.1, 0.15) is 48.0 Å². The third-order valence-electron chi connectivity index (χ3n) is 5.87. The van der Waals surface area contributed by atoms with Gasteiger partial charge in [0.15, 0.2) is 10.9 Å². The second-order valence-corrected chi connectivity index (χ2v) is 8.89. The van der Waals surface area contributed by atoms with Crippen molar-refractivity contribution in [3.8, 4) is 0 Å². The summed E-state index contributed by atoms with van der Waals surface area (Å²) in [6, 6.07) is 8.94. The van der Waals surface area contributed by atoms with E-state index in [-0.39, 0.29) is 17.8 Å². The quantitative estimate of drug-likeness (QED) is 0.534. The third kappa shape index (κ3) is 4.80. The van der Waals surface area contributed by atoms with Crippen LogP contribution in [0.2, 0.25) is 0 Å². The summed E-state index contributed by atoms with van der Waals surface area (Å²) < 4.78 is 41.4. The van der Waals surface area contributed by atoms with Crippen LogP contribution in [-0.4, -0.2) is 34.6 Å². The first-order valence-corrected chi connectivity index (χ1v) is 11.7. The molecule has 174 valence electrons. The number of hydrogen-bond donors (Lipinski definition) is 2. The topological polar surface area (TPSA) is 75.2 Å². The molecule has 0 unspecified atom stereocenters. The molecule has 0 radical (unpaired) electrons. The fourth-order valence-corrected chi connectivity index (χ4v) is 4.99. The number of thiazole rings is 1. The van der Waals surface area contributed by atoms with Gasteiger partial charge in [-0.05, 0) is 31.5 Å². The minimum atomic E-state index is -4.62. The molecule has 0 saturated carbocycles. The lowest BCUT2D eigenvalue weighted by Crippen LogP contribution is -2.26. The van der Waals surface area contributed by atoms with Crippen LogP contribution in [0.3, 0.4) is 0 Å². The predicted octanol–water partition coefficient (Wildman–Crippen LogP) is 5.05. The van der Waals surface area contributed by atoms with Crippen molar-refractivity contribution in [1.82, 2.24) is 20.3 Å². The van der Waals surface area contributed by atoms with E-state index in [0.717, 1.165) is 43.4 Å². The van der Waals surface area contributed by atoms with Crippen LogP contribution >= 0.6 is 11.3 Å². The highest BCUT2D eigenvalue weighted by atomic mass is 32.1. The van der Waals surface area contributed by atoms with E-state index in [2.05, 4.69) is 25.6 Å². The molecule has 2 N–H and O–H groups in total. The Hall–Kier alpha value is -2.76. The number of nitrogens with zero attached hydrogens (tertiary/aromatic N) is 4. The Balaban J connectivity index is 1.43. The second kappa shape index (κ2) is 9.24. The van der Waals surface area contributed by atoms with Gasteiger partial charge in [0.05, 0.1) is 18.3 Å². The summed E-state index contributed by atoms with van der Waals surface area (Å²) in [4.78, 5) is 18.4. The van der Waals surface area contributed by atoms with Crippen molar-refractivity contribution in [2.24, 2.45) is 0 Å². The number of anilines is 3. The molecule has 1 aromatic carbocycles. The molecule has 0 bridgehead atoms. The average Bonchev–Trinajstić information content (AvgIpc) is 3.49. The van der Waals surface area contributed by atoms with Gasteiger partial charge >= 0.3 is 6.18 Å². The van der Waals surface area contributed by atoms with Gasteiger partial charge in [-0.3, -0.25) is 10.2 Å². The summed E-state index contributed by atoms with van der Waals surface area (Å²) in [5.41, 5.74) is 0.913. The molecule has 7 nitrogen and oxygen atoms in total. The Morgan fingerprint density at radius 3 is 2.64 bits per heavy atom. The van der Waals surface area contributed by atoms with E-state index in [1.165, 1.54) is 16.4 Å². The van der Waals surface area contributed by atoms with Gasteiger partial charge in [-0.15, -0.1) is 11.3 Å². The Bertz CT molecular complexity index is 1090. The lowest BCUT2D eigenvalue weighted by atomic mass is 9.96. The molecule has 0 amide bonds. The number of aromatic nitrogens is 3. The maximum Gasteiger partial charge on any atom is 0.421 e. The fourth-order valence-electron chi connectivity index (χ4n) is 4.20. The predicted molar refractivity (Wildman–Crippen MR) is 120 cm³/mol. The van der Waals surface area contributed by atoms with Gasteiger partial charge in [0.1, 0.15) is 5.56 Å². The smallest absolute Gasteiger partial charge is 0.317 e. The minimum absolute atomic E-state index is 0.0477. The zero-order valence-electron chi connectivity index (χ0n) is 17.7. The van der Waals surface area contributed by atoms with E-state index in [0.29, 0.717) is 24.1 Å². The van der Waals surface area contributed by atoms with Crippen LogP contribution in [0.25, 0.3) is 0 Å². The normalized spacial score (nSPS) is 19.7. The maximum absolute atomic E-state index is 13.8. The summed E-state index contributed by atoms with van der Waals surface area (Å²) >= 11 is 1.39. The Kier molecular flexibility index (Phi) is 6.17. The largest absolute Gasteiger partial charge is 0.421 e. The summed E-state index contributed by atoms with van der Waals surface area (Å²) in [6.07, 6.45) is -1.24. The highest BCUT2D eigenvalue weighted by Gasteiger charge is 2.40. The number of halogens is 3. The third-order valence-corrected chi connectivity index (χ3v) is 6.65. The van der Waals surface area contributed by atoms with Gasteiger partial charge in [0.2, 0.25) is 5.95 Å². The second-order valence-electron chi connectivity index (χ2n) is 8.03. The summed E-state index contributed by atoms with van der Waals surface area (Å²) in [5.74, 6) is 0.125. The van der Waals surface area contributed by atoms with E-state index in [9.17, 15) is 13.2 Å². The first kappa shape index (κ1) is 22.1. The van der Waals surface area contributed by atoms with Crippen molar-refractivity contribution in [2.45, 2.75) is 37.4 Å². The number of rotatable bonds is 5. The zero-order valence-corrected chi connectivity index (χ0v) is 18.5. The number of hydroxylamine groups is 1. The van der Waals surface area contributed by atoms with E-state index in [1.54, 1.807) is 0 Å². The molecule has 0 spiro atoms. The van der Waals surface area contributed by atoms with Crippen molar-refractivity contribution in [2.75, 3.05) is 30.1 Å². The van der Waals surface area contributed by atoms with Crippen LogP contribution in [0.4, 0.5) is 30.1 Å². The van der Waals surface area contributed by atoms with Gasteiger partial charge in [0.25, 0.3) is 0 Å². The molecule has 2 saturated heterocycles. The fraction of sp³-hybridized carbons (Fsp3) is 0.409. The molecule has 2 aromatic heterocycles. The SMILES string of the molecule is FC(F)(F)c1cnc(Nc2nc(C3CCNCC3)cs2)nc1N1OCC[C@H]1c1ccccc1. The molecule has 11 heteroatoms. The van der Waals surface area contributed by atoms with E-state index in [4.69, 9.17) is 4.84 Å². The van der Waals surface area contributed by atoms with Gasteiger partial charge in [-0.2, -0.15) is 18.2 Å². The first-order valence-electron chi connectivity index (χ1n) is 10.8. The molecule has 1 atom stereocenters. The molecule has 33 heavy (non-hydrogen) atoms. The molecule has 4 heterocycles. The maximum atomic E-state index is 13.8. The van der Waals surface area contributed by atoms with E-state index >= 15 is 0 Å². The number of nitrogens with one attached hydrogen (secondary N) is 2. The molecule has 2 aliphatic rings. The van der Waals surface area contributed by atoms with Crippen LogP contribution in [0.15, 0.2) is 41.9 Å². The highest BCUT2D eigenvalue weighted by molar-refractivity contribution is 7.13. The van der Waals surface area contributed by atoms with Gasteiger partial charge in [-0.25, -0.2) is 15.0 Å². The van der Waals surface area contributed by atoms with E-state index < -0.39 is 11.7 Å². The van der Waals surface area contributed by atoms with Gasteiger partial charge in [-0.1, -0.05) is 30.3 Å². The summed E-state index contributed by atoms with van der Waals surface area (Å²) in [5, 5.41) is 10.1. The average molecular weight is 477 g/mol. The van der Waals surface area contributed by atoms with Gasteiger partial charge < -0.3 is 5.32 Å². The minimum Gasteiger partial charge on any atom is -0.317 e. The Morgan fingerprint density at radius 1 is 1.09 bits per heavy atom. The van der Waals surface area contributed by atoms with Crippen LogP contribution in [-0.2, 0) is 11.0 Å². The van der Waals surface area contributed by atoms with Crippen molar-refractivity contribution in [1.29, 1.82) is 0 Å². The first-order chi connectivity index (χ1) is 16.0. The molecular formula is C22H23F3N6OS. The molecule has 2 fully saturated rings. The van der Waals surface area contributed by atoms with Crippen LogP contribution in [0.5, 0.6) is 0 Å². The highest BCUT2D eigenvalue weighted by Crippen LogP contribution is 2.41. The van der Waals surface area contributed by atoms with Crippen LogP contribution in [0, 0.1) is 0 Å². The van der Waals surface area contributed by atoms with E-state index in [1.807, 2.05) is 35.7 Å². The lowest BCUT2D eigenvalue weighted by molar-refractivity contribution is -0.138. The van der Waals surface area contributed by atoms with Crippen LogP contribution < -0.4 is 15.7 Å². The number of benzene rings is 1. The zero-order chi connectivity index (χ0) is 22.8. The van der Waals surface area contributed by atoms with Gasteiger partial charge in [0, 0.05) is 23.9 Å². The molecule has 0 aliphatic carbocycles. The molecular weight excluding hydrogens is 453 g/mol. The summed E-state index contributed by atoms with van der Waals surface area (Å²) in [6.45, 7) is 2.21. The standard InChI is InChI=1S/C22H23F3N6OS/c23-22(24,25)16-12-27-20(30-21-28-17(13-33-21)14-6-9-26-10-7-14)29-19(16)31-18(8-11-32-31)15-4-2-1-3-5-15/h1-5,12-14,18,26H,6-11H2,(H,27,28,29,30)/t18-/m0/s1. The van der Waals surface area contributed by atoms with Crippen molar-refractivity contribution >= 4 is 28.2 Å². The molecule has 3 aromatic rings. The number of alkyl halides is 3. The van der Waals surface area contributed by atoms with Crippen molar-refractivity contribution in [3.05, 3.63) is 58.7 Å². The summed E-state index contributed by atoms with van der Waals surface area (Å²) in [7, 11) is 0. The molecule has 2 aliphatic heterocycles. The lowest BCUT2D eigenvalue weighted by Gasteiger charge is -2.26. The monoisotopic (exact) mass is 476 g/mol. The van der Waals surface area contributed by atoms with Crippen molar-refractivity contribution in [3.63, 3.8) is 0 Å². The Labute approximate surface area is 193 Å². The number of hydrogen-bond acceptors (Lipinski definition) is 8. The Morgan fingerprint density at radius 2 is 1.88 bits per heavy atom. The van der Waals surface area contributed by atoms with Crippen molar-refractivity contribution < 1.29 is 18.0 Å². The molecule has 5 rings (SSSR count).